The Kier molecular flexibility index (Phi) is 9.38. The van der Waals surface area contributed by atoms with Crippen molar-refractivity contribution in [1.82, 2.24) is 29.7 Å². The Hall–Kier alpha value is -3.69. The molecule has 1 amide bonds. The Balaban J connectivity index is 0.000000287. The third-order valence-corrected chi connectivity index (χ3v) is 4.60. The molecule has 3 aromatic rings. The Morgan fingerprint density at radius 1 is 1.06 bits per heavy atom. The molecule has 0 saturated carbocycles. The quantitative estimate of drug-likeness (QED) is 0.441. The molecule has 4 heterocycles. The molecule has 1 aliphatic rings. The highest BCUT2D eigenvalue weighted by molar-refractivity contribution is 6.04. The van der Waals surface area contributed by atoms with Gasteiger partial charge in [0.15, 0.2) is 5.69 Å². The number of alkyl halides is 6. The van der Waals surface area contributed by atoms with Gasteiger partial charge in [-0.05, 0) is 38.1 Å². The monoisotopic (exact) mass is 522 g/mol. The second-order valence-corrected chi connectivity index (χ2v) is 7.55. The molecule has 1 fully saturated rings. The van der Waals surface area contributed by atoms with Gasteiger partial charge in [0.05, 0.1) is 17.4 Å². The van der Waals surface area contributed by atoms with E-state index in [0.717, 1.165) is 10.9 Å². The summed E-state index contributed by atoms with van der Waals surface area (Å²) in [6.07, 6.45) is -2.64. The molecule has 4 rings (SSSR count). The van der Waals surface area contributed by atoms with E-state index in [1.807, 2.05) is 0 Å². The Morgan fingerprint density at radius 3 is 2.14 bits per heavy atom. The number of rotatable bonds is 2. The average molecular weight is 522 g/mol. The van der Waals surface area contributed by atoms with Gasteiger partial charge in [0.2, 0.25) is 11.7 Å². The predicted octanol–water partition coefficient (Wildman–Crippen LogP) is 3.21. The number of anilines is 2. The molecule has 0 aromatic carbocycles. The highest BCUT2D eigenvalue weighted by atomic mass is 19.4. The smallest absolute Gasteiger partial charge is 0.367 e. The number of nitrogens with one attached hydrogen (secondary N) is 2. The van der Waals surface area contributed by atoms with E-state index < -0.39 is 35.4 Å². The number of amides is 1. The van der Waals surface area contributed by atoms with Crippen LogP contribution in [0.3, 0.4) is 0 Å². The number of aromatic nitrogens is 5. The van der Waals surface area contributed by atoms with Gasteiger partial charge in [0, 0.05) is 20.2 Å². The molecular formula is C20H24F6N8O2. The van der Waals surface area contributed by atoms with E-state index in [9.17, 15) is 35.9 Å². The van der Waals surface area contributed by atoms with E-state index in [1.54, 1.807) is 6.07 Å². The number of nitrogen functional groups attached to an aromatic ring is 1. The van der Waals surface area contributed by atoms with Gasteiger partial charge >= 0.3 is 12.4 Å². The van der Waals surface area contributed by atoms with E-state index in [2.05, 4.69) is 25.8 Å². The van der Waals surface area contributed by atoms with Crippen molar-refractivity contribution in [2.24, 2.45) is 7.05 Å². The molecule has 1 saturated heterocycles. The number of carbonyl (C=O) groups is 2. The molecule has 16 heteroatoms. The van der Waals surface area contributed by atoms with E-state index in [1.165, 1.54) is 56.2 Å². The molecule has 3 aromatic heterocycles. The number of hydrogen-bond acceptors (Lipinski definition) is 7. The van der Waals surface area contributed by atoms with Crippen LogP contribution >= 0.6 is 0 Å². The van der Waals surface area contributed by atoms with Crippen molar-refractivity contribution in [2.45, 2.75) is 38.5 Å². The van der Waals surface area contributed by atoms with Crippen LogP contribution in [-0.4, -0.2) is 55.3 Å². The first kappa shape index (κ1) is 28.5. The summed E-state index contributed by atoms with van der Waals surface area (Å²) in [5, 5.41) is 12.6. The van der Waals surface area contributed by atoms with Crippen LogP contribution in [0.4, 0.5) is 38.0 Å². The maximum Gasteiger partial charge on any atom is 0.449 e. The lowest BCUT2D eigenvalue weighted by molar-refractivity contribution is -0.168. The number of carbonyl (C=O) groups excluding carboxylic acids is 2. The zero-order valence-electron chi connectivity index (χ0n) is 19.2. The third kappa shape index (κ3) is 8.21. The first-order valence-corrected chi connectivity index (χ1v) is 10.5. The van der Waals surface area contributed by atoms with Crippen LogP contribution in [0, 0.1) is 0 Å². The van der Waals surface area contributed by atoms with Gasteiger partial charge < -0.3 is 16.4 Å². The molecular weight excluding hydrogens is 498 g/mol. The van der Waals surface area contributed by atoms with Gasteiger partial charge in [-0.25, -0.2) is 9.50 Å². The number of aryl methyl sites for hydroxylation is 1. The summed E-state index contributed by atoms with van der Waals surface area (Å²) in [6, 6.07) is 2.95. The van der Waals surface area contributed by atoms with Gasteiger partial charge in [-0.2, -0.15) is 31.4 Å². The van der Waals surface area contributed by atoms with Crippen LogP contribution in [-0.2, 0) is 18.0 Å². The molecule has 198 valence electrons. The molecule has 0 bridgehead atoms. The van der Waals surface area contributed by atoms with Gasteiger partial charge in [0.25, 0.3) is 5.91 Å². The Bertz CT molecular complexity index is 1170. The van der Waals surface area contributed by atoms with Crippen LogP contribution in [0.1, 0.15) is 42.4 Å². The normalized spacial score (nSPS) is 13.8. The van der Waals surface area contributed by atoms with Crippen LogP contribution < -0.4 is 16.4 Å². The second kappa shape index (κ2) is 11.8. The molecule has 0 radical (unpaired) electrons. The van der Waals surface area contributed by atoms with Gasteiger partial charge in [0.1, 0.15) is 5.69 Å². The number of ketones is 1. The van der Waals surface area contributed by atoms with E-state index in [-0.39, 0.29) is 11.6 Å². The second-order valence-electron chi connectivity index (χ2n) is 7.55. The molecule has 1 aliphatic heterocycles. The standard InChI is InChI=1S/C12H10F3N7O.C5H11N.C3H3F3O/c1-21-5-7(9(19-21)12(13,14)15)18-10(23)8-3-2-6-4-17-11(16)20-22(6)8;1-2-4-6-5-3-1;1-2(7)3(4,5)6/h2-5H,1H3,(H2,16,20)(H,18,23);6H,1-5H2;1H3. The molecule has 0 aliphatic carbocycles. The van der Waals surface area contributed by atoms with Gasteiger partial charge in [-0.3, -0.25) is 14.3 Å². The van der Waals surface area contributed by atoms with Crippen molar-refractivity contribution in [3.8, 4) is 0 Å². The van der Waals surface area contributed by atoms with Crippen LogP contribution in [0.25, 0.3) is 5.52 Å². The van der Waals surface area contributed by atoms with Crippen molar-refractivity contribution in [3.63, 3.8) is 0 Å². The number of halogens is 6. The average Bonchev–Trinajstić information content (AvgIpc) is 3.38. The largest absolute Gasteiger partial charge is 0.449 e. The Labute approximate surface area is 200 Å². The summed E-state index contributed by atoms with van der Waals surface area (Å²) in [6.45, 7) is 2.99. The molecule has 4 N–H and O–H groups in total. The summed E-state index contributed by atoms with van der Waals surface area (Å²) >= 11 is 0. The summed E-state index contributed by atoms with van der Waals surface area (Å²) in [5.41, 5.74) is 4.33. The molecule has 0 spiro atoms. The predicted molar refractivity (Wildman–Crippen MR) is 117 cm³/mol. The summed E-state index contributed by atoms with van der Waals surface area (Å²) in [7, 11) is 1.32. The summed E-state index contributed by atoms with van der Waals surface area (Å²) in [4.78, 5) is 25.4. The topological polar surface area (TPSA) is 132 Å². The number of fused-ring (bicyclic) bond motifs is 1. The molecule has 10 nitrogen and oxygen atoms in total. The number of nitrogens with two attached hydrogens (primary N) is 1. The summed E-state index contributed by atoms with van der Waals surface area (Å²) in [5.74, 6) is -2.60. The number of Topliss-reactive ketones (excluding diaryl/α,β-unsaturated/α-hetero) is 1. The maximum absolute atomic E-state index is 12.9. The van der Waals surface area contributed by atoms with Gasteiger partial charge in [-0.1, -0.05) is 6.42 Å². The third-order valence-electron chi connectivity index (χ3n) is 4.60. The van der Waals surface area contributed by atoms with Crippen LogP contribution in [0.5, 0.6) is 0 Å². The first-order chi connectivity index (χ1) is 16.7. The highest BCUT2D eigenvalue weighted by Gasteiger charge is 2.38. The van der Waals surface area contributed by atoms with Crippen molar-refractivity contribution in [1.29, 1.82) is 0 Å². The van der Waals surface area contributed by atoms with Crippen molar-refractivity contribution in [2.75, 3.05) is 24.1 Å². The first-order valence-electron chi connectivity index (χ1n) is 10.5. The fourth-order valence-corrected chi connectivity index (χ4v) is 2.86. The lowest BCUT2D eigenvalue weighted by atomic mass is 10.2. The zero-order chi connectivity index (χ0) is 27.1. The Morgan fingerprint density at radius 2 is 1.67 bits per heavy atom. The van der Waals surface area contributed by atoms with E-state index in [4.69, 9.17) is 5.73 Å². The van der Waals surface area contributed by atoms with Gasteiger partial charge in [-0.15, -0.1) is 5.10 Å². The lowest BCUT2D eigenvalue weighted by Crippen LogP contribution is -2.21. The number of nitrogens with zero attached hydrogens (tertiary/aromatic N) is 5. The van der Waals surface area contributed by atoms with E-state index in [0.29, 0.717) is 12.4 Å². The van der Waals surface area contributed by atoms with Crippen LogP contribution in [0.2, 0.25) is 0 Å². The molecule has 36 heavy (non-hydrogen) atoms. The SMILES string of the molecule is C1CCNCC1.CC(=O)C(F)(F)F.Cn1cc(NC(=O)c2ccc3cnc(N)nn23)c(C(F)(F)F)n1. The maximum atomic E-state index is 12.9. The summed E-state index contributed by atoms with van der Waals surface area (Å²) < 4.78 is 73.3. The molecule has 0 unspecified atom stereocenters. The number of hydrogen-bond donors (Lipinski definition) is 3. The minimum atomic E-state index is -4.68. The lowest BCUT2D eigenvalue weighted by Gasteiger charge is -2.08. The highest BCUT2D eigenvalue weighted by Crippen LogP contribution is 2.33. The van der Waals surface area contributed by atoms with Crippen molar-refractivity contribution < 1.29 is 35.9 Å². The fraction of sp³-hybridized carbons (Fsp3) is 0.450. The molecule has 0 atom stereocenters. The van der Waals surface area contributed by atoms with Crippen LogP contribution in [0.15, 0.2) is 24.5 Å². The van der Waals surface area contributed by atoms with Crippen molar-refractivity contribution >= 4 is 28.8 Å². The van der Waals surface area contributed by atoms with Crippen molar-refractivity contribution in [3.05, 3.63) is 35.9 Å². The van der Waals surface area contributed by atoms with E-state index >= 15 is 0 Å². The number of piperidine rings is 1. The minimum Gasteiger partial charge on any atom is -0.367 e. The minimum absolute atomic E-state index is 0.0195. The zero-order valence-corrected chi connectivity index (χ0v) is 19.2. The fourth-order valence-electron chi connectivity index (χ4n) is 2.86.